The van der Waals surface area contributed by atoms with E-state index in [4.69, 9.17) is 19.4 Å². The summed E-state index contributed by atoms with van der Waals surface area (Å²) in [4.78, 5) is 64.0. The van der Waals surface area contributed by atoms with Crippen LogP contribution in [0.4, 0.5) is 0 Å². The predicted molar refractivity (Wildman–Crippen MR) is 109 cm³/mol. The number of aliphatic hydroxyl groups is 2. The number of aliphatic hydroxyl groups excluding tert-OH is 2. The van der Waals surface area contributed by atoms with E-state index in [1.807, 2.05) is 4.94 Å². The van der Waals surface area contributed by atoms with Gasteiger partial charge in [0.2, 0.25) is 0 Å². The van der Waals surface area contributed by atoms with Crippen molar-refractivity contribution >= 4 is 38.0 Å². The Hall–Kier alpha value is -1.03. The third kappa shape index (κ3) is 6.80. The Morgan fingerprint density at radius 1 is 1.06 bits per heavy atom. The predicted octanol–water partition coefficient (Wildman–Crippen LogP) is -1.78. The van der Waals surface area contributed by atoms with Gasteiger partial charge in [-0.1, -0.05) is 0 Å². The molecule has 1 saturated heterocycles. The van der Waals surface area contributed by atoms with E-state index < -0.39 is 65.9 Å². The Bertz CT molecular complexity index is 1290. The fourth-order valence-electron chi connectivity index (χ4n) is 2.85. The number of hydrogen-bond acceptors (Lipinski definition) is 11. The molecule has 2 aromatic heterocycles. The number of nitrogens with one attached hydrogen (secondary N) is 1. The van der Waals surface area contributed by atoms with E-state index in [1.54, 1.807) is 12.1 Å². The van der Waals surface area contributed by atoms with Crippen LogP contribution in [0.15, 0.2) is 32.9 Å². The number of phosphoric acid groups is 3. The number of ether oxygens (including phenoxy) is 1. The number of hydrogen-bond donors (Lipinski definition) is 7. The minimum absolute atomic E-state index is 0.117. The number of H-pyrrole nitrogens is 1. The number of rotatable bonds is 9. The Morgan fingerprint density at radius 2 is 1.74 bits per heavy atom. The van der Waals surface area contributed by atoms with Gasteiger partial charge in [-0.15, -0.1) is 0 Å². The molecule has 0 amide bonds. The molecule has 2 aromatic rings. The van der Waals surface area contributed by atoms with Gasteiger partial charge < -0.3 is 14.7 Å². The number of aromatic nitrogens is 2. The fourth-order valence-corrected chi connectivity index (χ4v) is 7.42. The standard InChI is InChI=1S/C13H17N2O15P3Se/c16-9-7(5-27-32(23,24)30-33(25,26)29-31(20,21)22)28-12(10(9)17)15-4-6(8-2-1-3-34-8)11(18)14-13(15)19/h1-4,7,9-10,12,16-17H,5H2,(H,23,24)(H,25,26)(H,14,18,19)(H2,20,21,22)/t7-,9-,10-,12-/m1/s1. The maximum absolute atomic E-state index is 12.3. The molecule has 17 nitrogen and oxygen atoms in total. The van der Waals surface area contributed by atoms with Crippen LogP contribution in [0, 0.1) is 0 Å². The van der Waals surface area contributed by atoms with Crippen LogP contribution in [-0.4, -0.2) is 78.8 Å². The van der Waals surface area contributed by atoms with Gasteiger partial charge in [0.25, 0.3) is 0 Å². The van der Waals surface area contributed by atoms with E-state index >= 15 is 0 Å². The van der Waals surface area contributed by atoms with Gasteiger partial charge in [-0.2, -0.15) is 4.31 Å². The molecule has 7 N–H and O–H groups in total. The molecule has 34 heavy (non-hydrogen) atoms. The first-order valence-corrected chi connectivity index (χ1v) is 15.1. The number of aromatic amines is 1. The topological polar surface area (TPSA) is 264 Å². The zero-order chi connectivity index (χ0) is 25.5. The molecule has 0 aromatic carbocycles. The molecule has 2 unspecified atom stereocenters. The molecule has 21 heteroatoms. The number of nitrogens with zero attached hydrogens (tertiary/aromatic N) is 1. The van der Waals surface area contributed by atoms with Crippen LogP contribution in [0.3, 0.4) is 0 Å². The van der Waals surface area contributed by atoms with E-state index in [1.165, 1.54) is 0 Å². The molecule has 6 atom stereocenters. The zero-order valence-corrected chi connectivity index (χ0v) is 20.8. The Labute approximate surface area is 194 Å². The van der Waals surface area contributed by atoms with E-state index in [-0.39, 0.29) is 20.1 Å². The van der Waals surface area contributed by atoms with Crippen LogP contribution >= 0.6 is 23.5 Å². The zero-order valence-electron chi connectivity index (χ0n) is 16.4. The van der Waals surface area contributed by atoms with Crippen molar-refractivity contribution in [3.8, 4) is 10.0 Å². The monoisotopic (exact) mass is 614 g/mol. The summed E-state index contributed by atoms with van der Waals surface area (Å²) in [5, 5.41) is 20.5. The average Bonchev–Trinajstić information content (AvgIpc) is 3.28. The molecular weight excluding hydrogens is 596 g/mol. The van der Waals surface area contributed by atoms with Crippen LogP contribution in [0.25, 0.3) is 10.0 Å². The van der Waals surface area contributed by atoms with Gasteiger partial charge in [-0.25, -0.2) is 9.13 Å². The SMILES string of the molecule is O=c1[nH]c(=O)n([C@@H]2O[C@H](COP(=O)(O)OP(=O)(O)OP(=O)(O)O)[C@@H](O)[C@H]2O)cc1-c1ccc[se]1. The fraction of sp³-hybridized carbons (Fsp3) is 0.385. The summed E-state index contributed by atoms with van der Waals surface area (Å²) in [6.45, 7) is -1.05. The molecule has 0 radical (unpaired) electrons. The second-order valence-electron chi connectivity index (χ2n) is 6.62. The second-order valence-corrected chi connectivity index (χ2v) is 13.0. The Balaban J connectivity index is 1.75. The van der Waals surface area contributed by atoms with Crippen molar-refractivity contribution in [2.75, 3.05) is 6.61 Å². The summed E-state index contributed by atoms with van der Waals surface area (Å²) >= 11 is -0.182. The van der Waals surface area contributed by atoms with Crippen LogP contribution in [0.2, 0.25) is 0 Å². The first kappa shape index (κ1) is 27.6. The van der Waals surface area contributed by atoms with E-state index in [9.17, 15) is 38.4 Å². The molecule has 1 fully saturated rings. The van der Waals surface area contributed by atoms with E-state index in [2.05, 4.69) is 18.1 Å². The summed E-state index contributed by atoms with van der Waals surface area (Å²) < 4.78 is 52.1. The normalized spacial score (nSPS) is 26.8. The van der Waals surface area contributed by atoms with Crippen molar-refractivity contribution in [1.82, 2.24) is 9.55 Å². The Morgan fingerprint density at radius 3 is 2.32 bits per heavy atom. The first-order chi connectivity index (χ1) is 15.6. The van der Waals surface area contributed by atoms with Crippen molar-refractivity contribution in [1.29, 1.82) is 0 Å². The quantitative estimate of drug-likeness (QED) is 0.122. The van der Waals surface area contributed by atoms with Gasteiger partial charge in [0.15, 0.2) is 0 Å². The second kappa shape index (κ2) is 10.1. The van der Waals surface area contributed by atoms with Crippen LogP contribution < -0.4 is 11.2 Å². The van der Waals surface area contributed by atoms with Crippen LogP contribution in [0.5, 0.6) is 0 Å². The van der Waals surface area contributed by atoms with Gasteiger partial charge in [-0.3, -0.25) is 0 Å². The first-order valence-electron chi connectivity index (χ1n) is 8.78. The molecule has 3 heterocycles. The average molecular weight is 613 g/mol. The van der Waals surface area contributed by atoms with Gasteiger partial charge in [0, 0.05) is 0 Å². The molecular formula is C13H17N2O15P3Se. The van der Waals surface area contributed by atoms with Crippen LogP contribution in [-0.2, 0) is 31.6 Å². The molecule has 0 saturated carbocycles. The van der Waals surface area contributed by atoms with Gasteiger partial charge in [0.05, 0.1) is 0 Å². The van der Waals surface area contributed by atoms with Crippen LogP contribution in [0.1, 0.15) is 6.23 Å². The molecule has 0 aliphatic carbocycles. The van der Waals surface area contributed by atoms with Crippen molar-refractivity contribution in [3.05, 3.63) is 44.1 Å². The summed E-state index contributed by atoms with van der Waals surface area (Å²) in [5.41, 5.74) is -1.56. The van der Waals surface area contributed by atoms with Gasteiger partial charge in [0.1, 0.15) is 0 Å². The summed E-state index contributed by atoms with van der Waals surface area (Å²) in [5.74, 6) is 0. The number of phosphoric ester groups is 1. The third-order valence-electron chi connectivity index (χ3n) is 4.18. The van der Waals surface area contributed by atoms with Crippen molar-refractivity contribution < 1.29 is 61.4 Å². The molecule has 0 bridgehead atoms. The van der Waals surface area contributed by atoms with Crippen molar-refractivity contribution in [2.45, 2.75) is 24.5 Å². The summed E-state index contributed by atoms with van der Waals surface area (Å²) in [7, 11) is -16.8. The van der Waals surface area contributed by atoms with Crippen molar-refractivity contribution in [3.63, 3.8) is 0 Å². The minimum atomic E-state index is -5.75. The summed E-state index contributed by atoms with van der Waals surface area (Å²) in [6, 6.07) is 3.37. The maximum atomic E-state index is 12.3. The molecule has 3 rings (SSSR count). The van der Waals surface area contributed by atoms with E-state index in [0.717, 1.165) is 10.8 Å². The Kier molecular flexibility index (Phi) is 8.22. The van der Waals surface area contributed by atoms with Crippen molar-refractivity contribution in [2.24, 2.45) is 0 Å². The molecule has 1 aliphatic rings. The molecule has 190 valence electrons. The molecule has 1 aliphatic heterocycles. The third-order valence-corrected chi connectivity index (χ3v) is 9.88. The van der Waals surface area contributed by atoms with Gasteiger partial charge in [-0.05, 0) is 0 Å². The van der Waals surface area contributed by atoms with E-state index in [0.29, 0.717) is 4.44 Å². The van der Waals surface area contributed by atoms with Gasteiger partial charge >= 0.3 is 166 Å². The molecule has 0 spiro atoms. The summed E-state index contributed by atoms with van der Waals surface area (Å²) in [6.07, 6.45) is -5.64.